The minimum atomic E-state index is -0.495. The summed E-state index contributed by atoms with van der Waals surface area (Å²) in [4.78, 5) is 21.9. The number of aryl methyl sites for hydroxylation is 1. The second-order valence-electron chi connectivity index (χ2n) is 4.55. The first-order valence-corrected chi connectivity index (χ1v) is 7.18. The monoisotopic (exact) mass is 364 g/mol. The Morgan fingerprint density at radius 1 is 1.27 bits per heavy atom. The van der Waals surface area contributed by atoms with E-state index in [-0.39, 0.29) is 18.2 Å². The largest absolute Gasteiger partial charge is 0.483 e. The Morgan fingerprint density at radius 3 is 2.55 bits per heavy atom. The highest BCUT2D eigenvalue weighted by molar-refractivity contribution is 9.10. The van der Waals surface area contributed by atoms with Gasteiger partial charge in [0.2, 0.25) is 0 Å². The smallest absolute Gasteiger partial charge is 0.269 e. The van der Waals surface area contributed by atoms with Crippen molar-refractivity contribution in [2.24, 2.45) is 0 Å². The lowest BCUT2D eigenvalue weighted by atomic mass is 10.2. The number of rotatable bonds is 5. The molecule has 0 aliphatic carbocycles. The fourth-order valence-electron chi connectivity index (χ4n) is 1.78. The highest BCUT2D eigenvalue weighted by atomic mass is 79.9. The predicted molar refractivity (Wildman–Crippen MR) is 86.1 cm³/mol. The van der Waals surface area contributed by atoms with Gasteiger partial charge in [-0.25, -0.2) is 0 Å². The summed E-state index contributed by atoms with van der Waals surface area (Å²) in [7, 11) is 0. The first-order valence-electron chi connectivity index (χ1n) is 6.39. The molecule has 2 aromatic carbocycles. The Kier molecular flexibility index (Phi) is 5.11. The maximum atomic E-state index is 11.8. The summed E-state index contributed by atoms with van der Waals surface area (Å²) in [6, 6.07) is 11.1. The lowest BCUT2D eigenvalue weighted by Crippen LogP contribution is -2.20. The molecule has 0 heterocycles. The number of nitro benzene ring substituents is 1. The number of nitrogens with one attached hydrogen (secondary N) is 1. The number of hydrogen-bond donors (Lipinski definition) is 1. The molecule has 0 saturated carbocycles. The van der Waals surface area contributed by atoms with Crippen LogP contribution in [0, 0.1) is 17.0 Å². The van der Waals surface area contributed by atoms with Gasteiger partial charge in [0.15, 0.2) is 6.61 Å². The Bertz CT molecular complexity index is 701. The van der Waals surface area contributed by atoms with Gasteiger partial charge in [-0.15, -0.1) is 0 Å². The molecule has 2 rings (SSSR count). The van der Waals surface area contributed by atoms with Crippen LogP contribution in [0.1, 0.15) is 5.56 Å². The average Bonchev–Trinajstić information content (AvgIpc) is 2.47. The molecule has 0 fully saturated rings. The summed E-state index contributed by atoms with van der Waals surface area (Å²) in [6.07, 6.45) is 0. The molecule has 0 aliphatic heterocycles. The molecule has 1 amide bonds. The zero-order valence-electron chi connectivity index (χ0n) is 11.7. The van der Waals surface area contributed by atoms with E-state index < -0.39 is 4.92 Å². The SMILES string of the molecule is Cc1cc(Br)ccc1OCC(=O)Nc1ccc([N+](=O)[O-])cc1. The molecule has 7 heteroatoms. The zero-order valence-corrected chi connectivity index (χ0v) is 13.3. The summed E-state index contributed by atoms with van der Waals surface area (Å²) >= 11 is 3.35. The van der Waals surface area contributed by atoms with Crippen LogP contribution in [0.3, 0.4) is 0 Å². The van der Waals surface area contributed by atoms with E-state index in [2.05, 4.69) is 21.2 Å². The third-order valence-corrected chi connectivity index (χ3v) is 3.35. The lowest BCUT2D eigenvalue weighted by Gasteiger charge is -2.09. The van der Waals surface area contributed by atoms with E-state index >= 15 is 0 Å². The van der Waals surface area contributed by atoms with Crippen LogP contribution in [-0.2, 0) is 4.79 Å². The summed E-state index contributed by atoms with van der Waals surface area (Å²) < 4.78 is 6.38. The van der Waals surface area contributed by atoms with E-state index in [4.69, 9.17) is 4.74 Å². The van der Waals surface area contributed by atoms with Crippen LogP contribution in [0.4, 0.5) is 11.4 Å². The third kappa shape index (κ3) is 4.29. The molecule has 1 N–H and O–H groups in total. The van der Waals surface area contributed by atoms with Gasteiger partial charge in [-0.05, 0) is 42.8 Å². The molecule has 0 saturated heterocycles. The molecule has 22 heavy (non-hydrogen) atoms. The van der Waals surface area contributed by atoms with Crippen molar-refractivity contribution in [3.8, 4) is 5.75 Å². The number of carbonyl (C=O) groups is 1. The zero-order chi connectivity index (χ0) is 16.1. The van der Waals surface area contributed by atoms with Gasteiger partial charge >= 0.3 is 0 Å². The first kappa shape index (κ1) is 16.0. The highest BCUT2D eigenvalue weighted by Crippen LogP contribution is 2.22. The van der Waals surface area contributed by atoms with Gasteiger partial charge in [0.1, 0.15) is 5.75 Å². The summed E-state index contributed by atoms with van der Waals surface area (Å²) in [6.45, 7) is 1.74. The Labute approximate surface area is 135 Å². The van der Waals surface area contributed by atoms with Crippen molar-refractivity contribution in [3.05, 3.63) is 62.6 Å². The van der Waals surface area contributed by atoms with E-state index in [1.807, 2.05) is 19.1 Å². The summed E-state index contributed by atoms with van der Waals surface area (Å²) in [5, 5.41) is 13.2. The maximum absolute atomic E-state index is 11.8. The number of ether oxygens (including phenoxy) is 1. The number of non-ortho nitro benzene ring substituents is 1. The van der Waals surface area contributed by atoms with Crippen LogP contribution >= 0.6 is 15.9 Å². The third-order valence-electron chi connectivity index (χ3n) is 2.86. The minimum absolute atomic E-state index is 0.0280. The summed E-state index contributed by atoms with van der Waals surface area (Å²) in [5.74, 6) is 0.290. The fraction of sp³-hybridized carbons (Fsp3) is 0.133. The minimum Gasteiger partial charge on any atom is -0.483 e. The van der Waals surface area contributed by atoms with E-state index in [0.29, 0.717) is 11.4 Å². The number of nitrogens with zero attached hydrogens (tertiary/aromatic N) is 1. The van der Waals surface area contributed by atoms with Crippen LogP contribution in [0.2, 0.25) is 0 Å². The van der Waals surface area contributed by atoms with Gasteiger partial charge in [0.05, 0.1) is 4.92 Å². The van der Waals surface area contributed by atoms with Gasteiger partial charge in [0.25, 0.3) is 11.6 Å². The Hall–Kier alpha value is -2.41. The molecule has 0 bridgehead atoms. The molecule has 0 aliphatic rings. The average molecular weight is 365 g/mol. The van der Waals surface area contributed by atoms with Crippen LogP contribution in [0.15, 0.2) is 46.9 Å². The first-order chi connectivity index (χ1) is 10.5. The number of halogens is 1. The number of hydrogen-bond acceptors (Lipinski definition) is 4. The number of nitro groups is 1. The molecule has 0 atom stereocenters. The van der Waals surface area contributed by atoms with Gasteiger partial charge in [-0.3, -0.25) is 14.9 Å². The number of carbonyl (C=O) groups excluding carboxylic acids is 1. The van der Waals surface area contributed by atoms with Crippen molar-refractivity contribution >= 4 is 33.2 Å². The quantitative estimate of drug-likeness (QED) is 0.647. The maximum Gasteiger partial charge on any atom is 0.269 e. The van der Waals surface area contributed by atoms with Crippen molar-refractivity contribution in [3.63, 3.8) is 0 Å². The normalized spacial score (nSPS) is 10.1. The van der Waals surface area contributed by atoms with Crippen LogP contribution < -0.4 is 10.1 Å². The van der Waals surface area contributed by atoms with Crippen molar-refractivity contribution in [2.45, 2.75) is 6.92 Å². The second-order valence-corrected chi connectivity index (χ2v) is 5.47. The molecular formula is C15H13BrN2O4. The van der Waals surface area contributed by atoms with Crippen molar-refractivity contribution in [1.29, 1.82) is 0 Å². The van der Waals surface area contributed by atoms with Gasteiger partial charge in [0, 0.05) is 22.3 Å². The lowest BCUT2D eigenvalue weighted by molar-refractivity contribution is -0.384. The van der Waals surface area contributed by atoms with E-state index in [0.717, 1.165) is 10.0 Å². The predicted octanol–water partition coefficient (Wildman–Crippen LogP) is 3.68. The molecule has 2 aromatic rings. The molecule has 0 aromatic heterocycles. The van der Waals surface area contributed by atoms with E-state index in [1.165, 1.54) is 24.3 Å². The number of amides is 1. The fourth-order valence-corrected chi connectivity index (χ4v) is 2.26. The van der Waals surface area contributed by atoms with E-state index in [9.17, 15) is 14.9 Å². The Balaban J connectivity index is 1.91. The molecule has 0 spiro atoms. The molecule has 114 valence electrons. The summed E-state index contributed by atoms with van der Waals surface area (Å²) in [5.41, 5.74) is 1.36. The van der Waals surface area contributed by atoms with Gasteiger partial charge < -0.3 is 10.1 Å². The van der Waals surface area contributed by atoms with Crippen LogP contribution in [0.5, 0.6) is 5.75 Å². The van der Waals surface area contributed by atoms with Crippen molar-refractivity contribution < 1.29 is 14.5 Å². The number of benzene rings is 2. The highest BCUT2D eigenvalue weighted by Gasteiger charge is 2.08. The standard InChI is InChI=1S/C15H13BrN2O4/c1-10-8-11(16)2-7-14(10)22-9-15(19)17-12-3-5-13(6-4-12)18(20)21/h2-8H,9H2,1H3,(H,17,19). The van der Waals surface area contributed by atoms with Crippen molar-refractivity contribution in [2.75, 3.05) is 11.9 Å². The number of anilines is 1. The second kappa shape index (κ2) is 7.04. The molecule has 6 nitrogen and oxygen atoms in total. The van der Waals surface area contributed by atoms with Crippen molar-refractivity contribution in [1.82, 2.24) is 0 Å². The topological polar surface area (TPSA) is 81.5 Å². The Morgan fingerprint density at radius 2 is 1.95 bits per heavy atom. The van der Waals surface area contributed by atoms with Gasteiger partial charge in [-0.2, -0.15) is 0 Å². The van der Waals surface area contributed by atoms with Crippen LogP contribution in [0.25, 0.3) is 0 Å². The molecule has 0 radical (unpaired) electrons. The van der Waals surface area contributed by atoms with Crippen LogP contribution in [-0.4, -0.2) is 17.4 Å². The van der Waals surface area contributed by atoms with E-state index in [1.54, 1.807) is 6.07 Å². The molecular weight excluding hydrogens is 352 g/mol. The van der Waals surface area contributed by atoms with Gasteiger partial charge in [-0.1, -0.05) is 15.9 Å². The molecule has 0 unspecified atom stereocenters.